The van der Waals surface area contributed by atoms with Crippen molar-refractivity contribution in [1.82, 2.24) is 0 Å². The third kappa shape index (κ3) is 4.32. The van der Waals surface area contributed by atoms with Crippen LogP contribution in [0.25, 0.3) is 0 Å². The van der Waals surface area contributed by atoms with Gasteiger partial charge in [0.1, 0.15) is 0 Å². The van der Waals surface area contributed by atoms with E-state index >= 15 is 0 Å². The molecule has 0 saturated heterocycles. The van der Waals surface area contributed by atoms with Crippen LogP contribution in [-0.2, 0) is 6.16 Å². The summed E-state index contributed by atoms with van der Waals surface area (Å²) in [6.45, 7) is 2.20. The molecule has 0 amide bonds. The molecule has 0 aliphatic heterocycles. The standard InChI is InChI=1S/C20H31P/c1-17-12-14-18(15-13-17)16-21(19-8-4-2-5-9-19)20-10-6-3-7-11-20/h12-15,19-20H,2-11,16H2,1H3. The van der Waals surface area contributed by atoms with Crippen molar-refractivity contribution in [2.45, 2.75) is 88.6 Å². The Morgan fingerprint density at radius 2 is 1.24 bits per heavy atom. The topological polar surface area (TPSA) is 0 Å². The van der Waals surface area contributed by atoms with Crippen molar-refractivity contribution in [1.29, 1.82) is 0 Å². The second-order valence-electron chi connectivity index (χ2n) is 7.24. The van der Waals surface area contributed by atoms with Gasteiger partial charge in [0.05, 0.1) is 0 Å². The molecule has 0 spiro atoms. The van der Waals surface area contributed by atoms with Crippen molar-refractivity contribution >= 4 is 7.92 Å². The lowest BCUT2D eigenvalue weighted by Gasteiger charge is -2.38. The van der Waals surface area contributed by atoms with Crippen LogP contribution in [-0.4, -0.2) is 11.3 Å². The molecule has 0 radical (unpaired) electrons. The first-order valence-corrected chi connectivity index (χ1v) is 10.8. The van der Waals surface area contributed by atoms with E-state index in [1.807, 2.05) is 0 Å². The van der Waals surface area contributed by atoms with Crippen LogP contribution in [0.5, 0.6) is 0 Å². The molecule has 1 heteroatoms. The van der Waals surface area contributed by atoms with E-state index in [-0.39, 0.29) is 7.92 Å². The fourth-order valence-corrected chi connectivity index (χ4v) is 8.09. The van der Waals surface area contributed by atoms with Gasteiger partial charge in [0, 0.05) is 0 Å². The summed E-state index contributed by atoms with van der Waals surface area (Å²) in [7, 11) is 0.217. The molecule has 0 N–H and O–H groups in total. The molecule has 21 heavy (non-hydrogen) atoms. The molecule has 2 aliphatic rings. The quantitative estimate of drug-likeness (QED) is 0.547. The lowest BCUT2D eigenvalue weighted by atomic mass is 9.99. The summed E-state index contributed by atoms with van der Waals surface area (Å²) in [6.07, 6.45) is 16.6. The molecule has 0 heterocycles. The van der Waals surface area contributed by atoms with Gasteiger partial charge in [-0.1, -0.05) is 76.3 Å². The Labute approximate surface area is 132 Å². The molecule has 3 rings (SSSR count). The van der Waals surface area contributed by atoms with Gasteiger partial charge in [0.2, 0.25) is 0 Å². The van der Waals surface area contributed by atoms with Crippen LogP contribution < -0.4 is 0 Å². The summed E-state index contributed by atoms with van der Waals surface area (Å²) in [5, 5.41) is 0. The Kier molecular flexibility index (Phi) is 5.75. The Morgan fingerprint density at radius 3 is 1.71 bits per heavy atom. The van der Waals surface area contributed by atoms with E-state index in [4.69, 9.17) is 0 Å². The molecule has 2 fully saturated rings. The highest BCUT2D eigenvalue weighted by Crippen LogP contribution is 2.57. The van der Waals surface area contributed by atoms with Crippen LogP contribution in [0.3, 0.4) is 0 Å². The number of hydrogen-bond donors (Lipinski definition) is 0. The average molecular weight is 302 g/mol. The summed E-state index contributed by atoms with van der Waals surface area (Å²) >= 11 is 0. The highest BCUT2D eigenvalue weighted by Gasteiger charge is 2.30. The predicted molar refractivity (Wildman–Crippen MR) is 95.5 cm³/mol. The van der Waals surface area contributed by atoms with Gasteiger partial charge in [-0.3, -0.25) is 0 Å². The molecule has 2 aliphatic carbocycles. The number of hydrogen-bond acceptors (Lipinski definition) is 0. The van der Waals surface area contributed by atoms with E-state index < -0.39 is 0 Å². The third-order valence-corrected chi connectivity index (χ3v) is 9.21. The summed E-state index contributed by atoms with van der Waals surface area (Å²) in [5.41, 5.74) is 5.18. The zero-order chi connectivity index (χ0) is 14.5. The zero-order valence-electron chi connectivity index (χ0n) is 13.7. The van der Waals surface area contributed by atoms with Gasteiger partial charge in [0.25, 0.3) is 0 Å². The van der Waals surface area contributed by atoms with Gasteiger partial charge in [-0.15, -0.1) is 0 Å². The smallest absolute Gasteiger partial charge is 0.00681 e. The van der Waals surface area contributed by atoms with E-state index in [9.17, 15) is 0 Å². The van der Waals surface area contributed by atoms with E-state index in [0.29, 0.717) is 0 Å². The predicted octanol–water partition coefficient (Wildman–Crippen LogP) is 6.64. The van der Waals surface area contributed by atoms with Crippen molar-refractivity contribution in [2.24, 2.45) is 0 Å². The third-order valence-electron chi connectivity index (χ3n) is 5.57. The lowest BCUT2D eigenvalue weighted by molar-refractivity contribution is 0.484. The molecular formula is C20H31P. The summed E-state index contributed by atoms with van der Waals surface area (Å²) in [4.78, 5) is 0. The summed E-state index contributed by atoms with van der Waals surface area (Å²) in [6, 6.07) is 9.42. The maximum atomic E-state index is 2.40. The average Bonchev–Trinajstić information content (AvgIpc) is 2.56. The first kappa shape index (κ1) is 15.5. The highest BCUT2D eigenvalue weighted by atomic mass is 31.1. The van der Waals surface area contributed by atoms with Gasteiger partial charge in [-0.2, -0.15) is 0 Å². The van der Waals surface area contributed by atoms with Crippen LogP contribution in [0, 0.1) is 6.92 Å². The monoisotopic (exact) mass is 302 g/mol. The molecule has 0 atom stereocenters. The Hall–Kier alpha value is -0.350. The van der Waals surface area contributed by atoms with E-state index in [2.05, 4.69) is 31.2 Å². The maximum Gasteiger partial charge on any atom is -0.00681 e. The summed E-state index contributed by atoms with van der Waals surface area (Å²) < 4.78 is 0. The second kappa shape index (κ2) is 7.77. The highest BCUT2D eigenvalue weighted by molar-refractivity contribution is 7.58. The Morgan fingerprint density at radius 1 is 0.762 bits per heavy atom. The van der Waals surface area contributed by atoms with Gasteiger partial charge in [0.15, 0.2) is 0 Å². The van der Waals surface area contributed by atoms with Gasteiger partial charge in [-0.25, -0.2) is 0 Å². The van der Waals surface area contributed by atoms with Crippen molar-refractivity contribution in [3.8, 4) is 0 Å². The number of benzene rings is 1. The van der Waals surface area contributed by atoms with Crippen molar-refractivity contribution in [3.05, 3.63) is 35.4 Å². The van der Waals surface area contributed by atoms with Crippen LogP contribution in [0.4, 0.5) is 0 Å². The molecule has 0 nitrogen and oxygen atoms in total. The molecule has 0 aromatic heterocycles. The van der Waals surface area contributed by atoms with Crippen LogP contribution in [0.1, 0.15) is 75.3 Å². The van der Waals surface area contributed by atoms with Gasteiger partial charge < -0.3 is 0 Å². The minimum Gasteiger partial charge on any atom is -0.0958 e. The largest absolute Gasteiger partial charge is 0.0958 e. The second-order valence-corrected chi connectivity index (χ2v) is 10.0. The first-order chi connectivity index (χ1) is 10.3. The molecule has 0 bridgehead atoms. The molecule has 0 unspecified atom stereocenters. The van der Waals surface area contributed by atoms with Crippen molar-refractivity contribution in [2.75, 3.05) is 0 Å². The minimum atomic E-state index is 0.217. The fourth-order valence-electron chi connectivity index (χ4n) is 4.29. The zero-order valence-corrected chi connectivity index (χ0v) is 14.6. The number of rotatable bonds is 4. The molecule has 1 aromatic carbocycles. The fraction of sp³-hybridized carbons (Fsp3) is 0.700. The molecule has 116 valence electrons. The first-order valence-electron chi connectivity index (χ1n) is 9.14. The van der Waals surface area contributed by atoms with E-state index in [0.717, 1.165) is 11.3 Å². The number of aryl methyl sites for hydroxylation is 1. The van der Waals surface area contributed by atoms with Crippen LogP contribution in [0.15, 0.2) is 24.3 Å². The SMILES string of the molecule is Cc1ccc(CP(C2CCCCC2)C2CCCCC2)cc1. The minimum absolute atomic E-state index is 0.217. The van der Waals surface area contributed by atoms with Gasteiger partial charge in [-0.05, 0) is 55.7 Å². The maximum absolute atomic E-state index is 2.40. The Balaban J connectivity index is 1.72. The van der Waals surface area contributed by atoms with Crippen LogP contribution in [0.2, 0.25) is 0 Å². The summed E-state index contributed by atoms with van der Waals surface area (Å²) in [5.74, 6) is 0. The van der Waals surface area contributed by atoms with Gasteiger partial charge >= 0.3 is 0 Å². The normalized spacial score (nSPS) is 21.8. The Bertz CT molecular complexity index is 392. The van der Waals surface area contributed by atoms with Crippen LogP contribution >= 0.6 is 7.92 Å². The molecule has 1 aromatic rings. The lowest BCUT2D eigenvalue weighted by Crippen LogP contribution is -2.21. The molecule has 2 saturated carbocycles. The van der Waals surface area contributed by atoms with Crippen molar-refractivity contribution < 1.29 is 0 Å². The molecular weight excluding hydrogens is 271 g/mol. The van der Waals surface area contributed by atoms with Crippen molar-refractivity contribution in [3.63, 3.8) is 0 Å². The van der Waals surface area contributed by atoms with E-state index in [1.54, 1.807) is 5.56 Å². The van der Waals surface area contributed by atoms with E-state index in [1.165, 1.54) is 75.9 Å².